The maximum absolute atomic E-state index is 13.4. The number of hydrogen-bond acceptors (Lipinski definition) is 4. The van der Waals surface area contributed by atoms with Crippen LogP contribution < -0.4 is 5.32 Å². The number of esters is 1. The topological polar surface area (TPSA) is 73.2 Å². The Morgan fingerprint density at radius 3 is 2.62 bits per heavy atom. The van der Waals surface area contributed by atoms with Gasteiger partial charge in [0.15, 0.2) is 5.82 Å². The summed E-state index contributed by atoms with van der Waals surface area (Å²) in [5.41, 5.74) is 0.888. The molecule has 0 aliphatic heterocycles. The zero-order valence-corrected chi connectivity index (χ0v) is 14.0. The fourth-order valence-electron chi connectivity index (χ4n) is 2.40. The third-order valence-electron chi connectivity index (χ3n) is 3.58. The molecule has 26 heavy (non-hydrogen) atoms. The second-order valence-corrected chi connectivity index (χ2v) is 5.34. The van der Waals surface area contributed by atoms with Crippen molar-refractivity contribution in [3.05, 3.63) is 77.7 Å². The van der Waals surface area contributed by atoms with Crippen LogP contribution in [0.1, 0.15) is 27.6 Å². The average molecular weight is 353 g/mol. The smallest absolute Gasteiger partial charge is 0.343 e. The molecule has 0 radical (unpaired) electrons. The number of benzene rings is 2. The number of hydrogen-bond donors (Lipinski definition) is 1. The van der Waals surface area contributed by atoms with Crippen molar-refractivity contribution in [1.29, 1.82) is 0 Å². The van der Waals surface area contributed by atoms with Crippen LogP contribution in [-0.2, 0) is 4.74 Å². The minimum absolute atomic E-state index is 0.112. The molecule has 0 saturated carbocycles. The van der Waals surface area contributed by atoms with Crippen molar-refractivity contribution in [2.75, 3.05) is 11.9 Å². The van der Waals surface area contributed by atoms with Crippen molar-refractivity contribution in [2.24, 2.45) is 0 Å². The summed E-state index contributed by atoms with van der Waals surface area (Å²) in [6, 6.07) is 14.3. The summed E-state index contributed by atoms with van der Waals surface area (Å²) in [7, 11) is 0. The Balaban J connectivity index is 2.01. The average Bonchev–Trinajstić information content (AvgIpc) is 3.06. The van der Waals surface area contributed by atoms with Crippen LogP contribution in [-0.4, -0.2) is 28.3 Å². The van der Waals surface area contributed by atoms with Gasteiger partial charge in [-0.1, -0.05) is 24.3 Å². The van der Waals surface area contributed by atoms with E-state index in [4.69, 9.17) is 4.74 Å². The van der Waals surface area contributed by atoms with Gasteiger partial charge in [0.05, 0.1) is 18.5 Å². The number of amides is 1. The zero-order chi connectivity index (χ0) is 18.5. The van der Waals surface area contributed by atoms with Crippen LogP contribution in [0.2, 0.25) is 0 Å². The molecule has 7 heteroatoms. The van der Waals surface area contributed by atoms with Crippen LogP contribution in [0.5, 0.6) is 0 Å². The number of anilines is 1. The SMILES string of the molecule is CCOC(=O)c1cnn(-c2ccccc2)c1NC(=O)c1cccc(F)c1. The summed E-state index contributed by atoms with van der Waals surface area (Å²) >= 11 is 0. The first kappa shape index (κ1) is 17.3. The van der Waals surface area contributed by atoms with Gasteiger partial charge in [-0.2, -0.15) is 5.10 Å². The Kier molecular flexibility index (Phi) is 5.07. The molecule has 0 aliphatic rings. The standard InChI is InChI=1S/C19H16FN3O3/c1-2-26-19(25)16-12-21-23(15-9-4-3-5-10-15)17(16)22-18(24)13-7-6-8-14(20)11-13/h3-12H,2H2,1H3,(H,22,24). The number of carbonyl (C=O) groups is 2. The summed E-state index contributed by atoms with van der Waals surface area (Å²) in [5.74, 6) is -1.54. The van der Waals surface area contributed by atoms with Crippen molar-refractivity contribution in [1.82, 2.24) is 9.78 Å². The quantitative estimate of drug-likeness (QED) is 0.713. The van der Waals surface area contributed by atoms with Crippen LogP contribution in [0.25, 0.3) is 5.69 Å². The Morgan fingerprint density at radius 2 is 1.92 bits per heavy atom. The molecule has 132 valence electrons. The Morgan fingerprint density at radius 1 is 1.15 bits per heavy atom. The van der Waals surface area contributed by atoms with Crippen molar-refractivity contribution >= 4 is 17.7 Å². The van der Waals surface area contributed by atoms with Crippen LogP contribution in [0.4, 0.5) is 10.2 Å². The van der Waals surface area contributed by atoms with Gasteiger partial charge in [-0.15, -0.1) is 0 Å². The predicted octanol–water partition coefficient (Wildman–Crippen LogP) is 3.44. The van der Waals surface area contributed by atoms with Gasteiger partial charge < -0.3 is 10.1 Å². The molecule has 0 spiro atoms. The lowest BCUT2D eigenvalue weighted by molar-refractivity contribution is 0.0527. The normalized spacial score (nSPS) is 10.4. The molecule has 0 bridgehead atoms. The molecule has 1 N–H and O–H groups in total. The van der Waals surface area contributed by atoms with Gasteiger partial charge in [0, 0.05) is 5.56 Å². The second-order valence-electron chi connectivity index (χ2n) is 5.34. The van der Waals surface area contributed by atoms with E-state index < -0.39 is 17.7 Å². The number of nitrogens with one attached hydrogen (secondary N) is 1. The lowest BCUT2D eigenvalue weighted by Crippen LogP contribution is -2.18. The molecule has 0 saturated heterocycles. The minimum Gasteiger partial charge on any atom is -0.462 e. The molecule has 1 heterocycles. The van der Waals surface area contributed by atoms with E-state index in [1.807, 2.05) is 6.07 Å². The number of nitrogens with zero attached hydrogens (tertiary/aromatic N) is 2. The maximum atomic E-state index is 13.4. The van der Waals surface area contributed by atoms with E-state index in [0.29, 0.717) is 5.69 Å². The van der Waals surface area contributed by atoms with Gasteiger partial charge in [-0.05, 0) is 37.3 Å². The Bertz CT molecular complexity index is 938. The first-order chi connectivity index (χ1) is 12.6. The first-order valence-corrected chi connectivity index (χ1v) is 7.97. The van der Waals surface area contributed by atoms with Crippen molar-refractivity contribution in [3.63, 3.8) is 0 Å². The Labute approximate surface area is 149 Å². The third kappa shape index (κ3) is 3.61. The van der Waals surface area contributed by atoms with E-state index in [1.54, 1.807) is 31.2 Å². The molecule has 6 nitrogen and oxygen atoms in total. The van der Waals surface area contributed by atoms with E-state index in [2.05, 4.69) is 10.4 Å². The largest absolute Gasteiger partial charge is 0.462 e. The Hall–Kier alpha value is -3.48. The highest BCUT2D eigenvalue weighted by Crippen LogP contribution is 2.22. The zero-order valence-electron chi connectivity index (χ0n) is 14.0. The third-order valence-corrected chi connectivity index (χ3v) is 3.58. The fourth-order valence-corrected chi connectivity index (χ4v) is 2.40. The van der Waals surface area contributed by atoms with Gasteiger partial charge in [-0.25, -0.2) is 13.9 Å². The number of rotatable bonds is 5. The molecule has 1 amide bonds. The molecule has 0 unspecified atom stereocenters. The first-order valence-electron chi connectivity index (χ1n) is 7.97. The van der Waals surface area contributed by atoms with E-state index in [9.17, 15) is 14.0 Å². The summed E-state index contributed by atoms with van der Waals surface area (Å²) in [4.78, 5) is 24.7. The highest BCUT2D eigenvalue weighted by molar-refractivity contribution is 6.07. The summed E-state index contributed by atoms with van der Waals surface area (Å²) in [5, 5.41) is 6.82. The molecular weight excluding hydrogens is 337 g/mol. The predicted molar refractivity (Wildman–Crippen MR) is 93.9 cm³/mol. The van der Waals surface area contributed by atoms with Crippen molar-refractivity contribution in [2.45, 2.75) is 6.92 Å². The number of carbonyl (C=O) groups excluding carboxylic acids is 2. The van der Waals surface area contributed by atoms with Gasteiger partial charge in [0.2, 0.25) is 0 Å². The van der Waals surface area contributed by atoms with Gasteiger partial charge in [0.25, 0.3) is 5.91 Å². The van der Waals surface area contributed by atoms with Crippen molar-refractivity contribution in [3.8, 4) is 5.69 Å². The molecule has 0 fully saturated rings. The monoisotopic (exact) mass is 353 g/mol. The van der Waals surface area contributed by atoms with E-state index in [-0.39, 0.29) is 23.6 Å². The molecule has 0 atom stereocenters. The van der Waals surface area contributed by atoms with Crippen LogP contribution in [0.3, 0.4) is 0 Å². The van der Waals surface area contributed by atoms with Gasteiger partial charge >= 0.3 is 5.97 Å². The number of aromatic nitrogens is 2. The summed E-state index contributed by atoms with van der Waals surface area (Å²) < 4.78 is 19.8. The van der Waals surface area contributed by atoms with E-state index >= 15 is 0 Å². The molecule has 2 aromatic carbocycles. The number of ether oxygens (including phenoxy) is 1. The number of para-hydroxylation sites is 1. The van der Waals surface area contributed by atoms with Gasteiger partial charge in [0.1, 0.15) is 11.4 Å². The fraction of sp³-hybridized carbons (Fsp3) is 0.105. The lowest BCUT2D eigenvalue weighted by atomic mass is 10.2. The van der Waals surface area contributed by atoms with Crippen LogP contribution in [0, 0.1) is 5.82 Å². The van der Waals surface area contributed by atoms with Crippen LogP contribution >= 0.6 is 0 Å². The highest BCUT2D eigenvalue weighted by Gasteiger charge is 2.22. The molecular formula is C19H16FN3O3. The summed E-state index contributed by atoms with van der Waals surface area (Å²) in [6.07, 6.45) is 1.33. The van der Waals surface area contributed by atoms with Crippen LogP contribution in [0.15, 0.2) is 60.8 Å². The van der Waals surface area contributed by atoms with E-state index in [0.717, 1.165) is 6.07 Å². The molecule has 3 rings (SSSR count). The molecule has 0 aliphatic carbocycles. The summed E-state index contributed by atoms with van der Waals surface area (Å²) in [6.45, 7) is 1.87. The number of halogens is 1. The highest BCUT2D eigenvalue weighted by atomic mass is 19.1. The maximum Gasteiger partial charge on any atom is 0.343 e. The van der Waals surface area contributed by atoms with E-state index in [1.165, 1.54) is 29.1 Å². The second kappa shape index (κ2) is 7.60. The molecule has 1 aromatic heterocycles. The van der Waals surface area contributed by atoms with Gasteiger partial charge in [-0.3, -0.25) is 4.79 Å². The van der Waals surface area contributed by atoms with Crippen molar-refractivity contribution < 1.29 is 18.7 Å². The molecule has 3 aromatic rings. The minimum atomic E-state index is -0.607. The lowest BCUT2D eigenvalue weighted by Gasteiger charge is -2.11.